The van der Waals surface area contributed by atoms with E-state index in [1.165, 1.54) is 57.2 Å². The molecule has 0 aliphatic carbocycles. The number of nitrogens with zero attached hydrogens (tertiary/aromatic N) is 1. The first kappa shape index (κ1) is 16.5. The molecule has 1 heterocycles. The van der Waals surface area contributed by atoms with Crippen molar-refractivity contribution in [3.63, 3.8) is 0 Å². The molecular weight excluding hydrogens is 256 g/mol. The topological polar surface area (TPSA) is 29.3 Å². The summed E-state index contributed by atoms with van der Waals surface area (Å²) in [6.07, 6.45) is 8.78. The summed E-state index contributed by atoms with van der Waals surface area (Å²) in [7, 11) is 0. The lowest BCUT2D eigenvalue weighted by atomic mass is 9.78. The van der Waals surface area contributed by atoms with Crippen LogP contribution in [-0.4, -0.2) is 24.0 Å². The van der Waals surface area contributed by atoms with Crippen molar-refractivity contribution in [2.24, 2.45) is 5.73 Å². The fourth-order valence-corrected chi connectivity index (χ4v) is 3.77. The van der Waals surface area contributed by atoms with Crippen LogP contribution in [0.2, 0.25) is 0 Å². The summed E-state index contributed by atoms with van der Waals surface area (Å²) in [6.45, 7) is 6.97. The second-order valence-corrected chi connectivity index (χ2v) is 6.51. The molecule has 2 nitrogen and oxygen atoms in total. The van der Waals surface area contributed by atoms with Crippen LogP contribution in [0.3, 0.4) is 0 Å². The lowest BCUT2D eigenvalue weighted by Gasteiger charge is -2.45. The minimum atomic E-state index is -0.215. The molecule has 1 aliphatic rings. The maximum absolute atomic E-state index is 6.99. The predicted octanol–water partition coefficient (Wildman–Crippen LogP) is 4.30. The van der Waals surface area contributed by atoms with Gasteiger partial charge >= 0.3 is 0 Å². The Kier molecular flexibility index (Phi) is 6.25. The maximum atomic E-state index is 6.99. The molecule has 1 fully saturated rings. The molecule has 2 unspecified atom stereocenters. The number of unbranched alkanes of at least 4 members (excludes halogenated alkanes) is 1. The first-order valence-electron chi connectivity index (χ1n) is 8.80. The predicted molar refractivity (Wildman–Crippen MR) is 91.3 cm³/mol. The van der Waals surface area contributed by atoms with Crippen LogP contribution in [0.5, 0.6) is 0 Å². The summed E-state index contributed by atoms with van der Waals surface area (Å²) in [5.41, 5.74) is 8.08. The summed E-state index contributed by atoms with van der Waals surface area (Å²) in [5, 5.41) is 0. The number of likely N-dealkylation sites (tertiary alicyclic amines) is 1. The molecule has 1 aromatic carbocycles. The van der Waals surface area contributed by atoms with Gasteiger partial charge in [-0.1, -0.05) is 63.4 Å². The van der Waals surface area contributed by atoms with Crippen LogP contribution < -0.4 is 5.73 Å². The highest BCUT2D eigenvalue weighted by molar-refractivity contribution is 5.26. The zero-order valence-electron chi connectivity index (χ0n) is 13.9. The van der Waals surface area contributed by atoms with Gasteiger partial charge in [-0.3, -0.25) is 4.90 Å². The largest absolute Gasteiger partial charge is 0.320 e. The van der Waals surface area contributed by atoms with Crippen LogP contribution in [0.15, 0.2) is 30.3 Å². The van der Waals surface area contributed by atoms with E-state index in [1.54, 1.807) is 0 Å². The number of benzene rings is 1. The number of piperidine rings is 1. The van der Waals surface area contributed by atoms with E-state index < -0.39 is 0 Å². The zero-order valence-corrected chi connectivity index (χ0v) is 13.9. The first-order valence-corrected chi connectivity index (χ1v) is 8.80. The molecule has 2 N–H and O–H groups in total. The number of hydrogen-bond donors (Lipinski definition) is 1. The molecule has 0 amide bonds. The van der Waals surface area contributed by atoms with Crippen molar-refractivity contribution in [2.75, 3.05) is 13.1 Å². The van der Waals surface area contributed by atoms with Gasteiger partial charge in [0.05, 0.1) is 5.54 Å². The van der Waals surface area contributed by atoms with E-state index in [0.717, 1.165) is 6.42 Å². The second-order valence-electron chi connectivity index (χ2n) is 6.51. The third kappa shape index (κ3) is 3.87. The van der Waals surface area contributed by atoms with Gasteiger partial charge in [0.25, 0.3) is 0 Å². The average molecular weight is 288 g/mol. The smallest absolute Gasteiger partial charge is 0.0564 e. The molecule has 0 saturated carbocycles. The Morgan fingerprint density at radius 2 is 1.76 bits per heavy atom. The summed E-state index contributed by atoms with van der Waals surface area (Å²) in [6, 6.07) is 11.2. The van der Waals surface area contributed by atoms with E-state index in [2.05, 4.69) is 49.1 Å². The lowest BCUT2D eigenvalue weighted by Crippen LogP contribution is -2.57. The van der Waals surface area contributed by atoms with Gasteiger partial charge in [-0.05, 0) is 44.3 Å². The average Bonchev–Trinajstić information content (AvgIpc) is 2.56. The molecule has 1 aliphatic heterocycles. The number of nitrogens with two attached hydrogens (primary N) is 1. The second kappa shape index (κ2) is 7.95. The van der Waals surface area contributed by atoms with Gasteiger partial charge in [-0.25, -0.2) is 0 Å². The molecule has 118 valence electrons. The summed E-state index contributed by atoms with van der Waals surface area (Å²) in [5.74, 6) is 0. The van der Waals surface area contributed by atoms with Crippen molar-refractivity contribution in [3.05, 3.63) is 35.9 Å². The minimum Gasteiger partial charge on any atom is -0.320 e. The van der Waals surface area contributed by atoms with Crippen LogP contribution in [0.25, 0.3) is 0 Å². The van der Waals surface area contributed by atoms with Gasteiger partial charge in [0.1, 0.15) is 0 Å². The van der Waals surface area contributed by atoms with Gasteiger partial charge < -0.3 is 5.73 Å². The van der Waals surface area contributed by atoms with E-state index in [0.29, 0.717) is 6.04 Å². The Hall–Kier alpha value is -0.860. The Morgan fingerprint density at radius 1 is 1.10 bits per heavy atom. The fourth-order valence-electron chi connectivity index (χ4n) is 3.77. The van der Waals surface area contributed by atoms with Gasteiger partial charge in [0.2, 0.25) is 0 Å². The van der Waals surface area contributed by atoms with Crippen LogP contribution in [-0.2, 0) is 5.54 Å². The number of rotatable bonds is 7. The van der Waals surface area contributed by atoms with Gasteiger partial charge in [-0.15, -0.1) is 0 Å². The monoisotopic (exact) mass is 288 g/mol. The molecule has 21 heavy (non-hydrogen) atoms. The Labute approximate surface area is 130 Å². The number of hydrogen-bond acceptors (Lipinski definition) is 2. The highest BCUT2D eigenvalue weighted by Crippen LogP contribution is 2.33. The zero-order chi connectivity index (χ0) is 15.1. The van der Waals surface area contributed by atoms with Crippen molar-refractivity contribution in [1.82, 2.24) is 4.90 Å². The van der Waals surface area contributed by atoms with Gasteiger partial charge in [0, 0.05) is 6.04 Å². The van der Waals surface area contributed by atoms with Crippen molar-refractivity contribution in [3.8, 4) is 0 Å². The van der Waals surface area contributed by atoms with Crippen molar-refractivity contribution in [2.45, 2.75) is 70.4 Å². The fraction of sp³-hybridized carbons (Fsp3) is 0.684. The molecule has 2 atom stereocenters. The van der Waals surface area contributed by atoms with E-state index in [9.17, 15) is 0 Å². The van der Waals surface area contributed by atoms with Crippen LogP contribution in [0.4, 0.5) is 0 Å². The summed E-state index contributed by atoms with van der Waals surface area (Å²) >= 11 is 0. The van der Waals surface area contributed by atoms with Crippen molar-refractivity contribution in [1.29, 1.82) is 0 Å². The van der Waals surface area contributed by atoms with Crippen LogP contribution >= 0.6 is 0 Å². The molecule has 0 bridgehead atoms. The van der Waals surface area contributed by atoms with E-state index in [4.69, 9.17) is 5.73 Å². The highest BCUT2D eigenvalue weighted by Gasteiger charge is 2.38. The molecule has 2 rings (SSSR count). The first-order chi connectivity index (χ1) is 10.2. The standard InChI is InChI=1S/C19H32N2/c1-3-5-14-18(21-15-10-7-11-16-21)19(20,4-2)17-12-8-6-9-13-17/h6,8-9,12-13,18H,3-5,7,10-11,14-16,20H2,1-2H3. The minimum absolute atomic E-state index is 0.215. The molecule has 1 saturated heterocycles. The Bertz CT molecular complexity index is 397. The van der Waals surface area contributed by atoms with Gasteiger partial charge in [0.15, 0.2) is 0 Å². The van der Waals surface area contributed by atoms with Crippen molar-refractivity contribution >= 4 is 0 Å². The molecule has 1 aromatic rings. The quantitative estimate of drug-likeness (QED) is 0.810. The maximum Gasteiger partial charge on any atom is 0.0564 e. The summed E-state index contributed by atoms with van der Waals surface area (Å²) in [4.78, 5) is 2.68. The third-order valence-electron chi connectivity index (χ3n) is 5.15. The molecule has 0 radical (unpaired) electrons. The van der Waals surface area contributed by atoms with E-state index >= 15 is 0 Å². The SMILES string of the molecule is CCCCC(N1CCCCC1)C(N)(CC)c1ccccc1. The van der Waals surface area contributed by atoms with Crippen molar-refractivity contribution < 1.29 is 0 Å². The summed E-state index contributed by atoms with van der Waals surface area (Å²) < 4.78 is 0. The third-order valence-corrected chi connectivity index (χ3v) is 5.15. The molecule has 0 aromatic heterocycles. The van der Waals surface area contributed by atoms with Crippen LogP contribution in [0.1, 0.15) is 64.4 Å². The molecule has 2 heteroatoms. The highest BCUT2D eigenvalue weighted by atomic mass is 15.2. The molecular formula is C19H32N2. The van der Waals surface area contributed by atoms with E-state index in [1.807, 2.05) is 0 Å². The lowest BCUT2D eigenvalue weighted by molar-refractivity contribution is 0.0846. The van der Waals surface area contributed by atoms with E-state index in [-0.39, 0.29) is 5.54 Å². The Morgan fingerprint density at radius 3 is 2.33 bits per heavy atom. The Balaban J connectivity index is 2.26. The van der Waals surface area contributed by atoms with Crippen LogP contribution in [0, 0.1) is 0 Å². The normalized spacial score (nSPS) is 20.9. The molecule has 0 spiro atoms. The van der Waals surface area contributed by atoms with Gasteiger partial charge in [-0.2, -0.15) is 0 Å².